The summed E-state index contributed by atoms with van der Waals surface area (Å²) in [6.07, 6.45) is 3.24. The molecule has 0 aliphatic heterocycles. The van der Waals surface area contributed by atoms with Crippen LogP contribution in [0.1, 0.15) is 52.4 Å². The standard InChI is InChI=1S/C8H18O4S.C4H6O4/c1-8(2)6-4-3-5-7-12-13(9,10)11;5-3(6)1-2-4(7)8/h8H,3-7H2,1-2H3,(H,9,10,11);1-2H2,(H,5,6)(H,7,8). The highest BCUT2D eigenvalue weighted by Gasteiger charge is 2.03. The van der Waals surface area contributed by atoms with Gasteiger partial charge in [-0.2, -0.15) is 8.42 Å². The summed E-state index contributed by atoms with van der Waals surface area (Å²) < 4.78 is 32.6. The second-order valence-electron chi connectivity index (χ2n) is 4.78. The number of carboxylic acids is 2. The fraction of sp³-hybridized carbons (Fsp3) is 0.833. The van der Waals surface area contributed by atoms with Gasteiger partial charge in [-0.25, -0.2) is 4.18 Å². The molecule has 8 nitrogen and oxygen atoms in total. The van der Waals surface area contributed by atoms with Crippen LogP contribution >= 0.6 is 0 Å². The van der Waals surface area contributed by atoms with Crippen molar-refractivity contribution < 1.29 is 37.0 Å². The van der Waals surface area contributed by atoms with Gasteiger partial charge in [0, 0.05) is 0 Å². The lowest BCUT2D eigenvalue weighted by atomic mass is 10.1. The van der Waals surface area contributed by atoms with Gasteiger partial charge in [-0.1, -0.05) is 33.1 Å². The van der Waals surface area contributed by atoms with Crippen molar-refractivity contribution in [2.45, 2.75) is 52.4 Å². The van der Waals surface area contributed by atoms with Gasteiger partial charge in [0.2, 0.25) is 0 Å². The second-order valence-corrected chi connectivity index (χ2v) is 5.87. The van der Waals surface area contributed by atoms with E-state index in [1.165, 1.54) is 0 Å². The molecule has 0 rings (SSSR count). The Morgan fingerprint density at radius 2 is 1.48 bits per heavy atom. The van der Waals surface area contributed by atoms with Crippen LogP contribution in [0.5, 0.6) is 0 Å². The number of hydrogen-bond donors (Lipinski definition) is 3. The number of unbranched alkanes of at least 4 members (excludes halogenated alkanes) is 2. The second kappa shape index (κ2) is 12.5. The van der Waals surface area contributed by atoms with Gasteiger partial charge in [0.15, 0.2) is 0 Å². The van der Waals surface area contributed by atoms with E-state index in [1.54, 1.807) is 0 Å². The average molecular weight is 328 g/mol. The largest absolute Gasteiger partial charge is 0.481 e. The molecular formula is C12H24O8S. The monoisotopic (exact) mass is 328 g/mol. The SMILES string of the molecule is CC(C)CCCCCOS(=O)(=O)O.O=C(O)CCC(=O)O. The Hall–Kier alpha value is -1.19. The molecule has 0 saturated heterocycles. The third-order valence-electron chi connectivity index (χ3n) is 2.21. The Kier molecular flexibility index (Phi) is 13.2. The maximum Gasteiger partial charge on any atom is 0.397 e. The highest BCUT2D eigenvalue weighted by atomic mass is 32.3. The summed E-state index contributed by atoms with van der Waals surface area (Å²) in [6.45, 7) is 4.38. The van der Waals surface area contributed by atoms with Gasteiger partial charge in [-0.3, -0.25) is 14.1 Å². The molecule has 0 radical (unpaired) electrons. The van der Waals surface area contributed by atoms with Crippen LogP contribution in [0, 0.1) is 5.92 Å². The van der Waals surface area contributed by atoms with Crippen LogP contribution in [0.4, 0.5) is 0 Å². The molecule has 0 aliphatic rings. The summed E-state index contributed by atoms with van der Waals surface area (Å²) in [7, 11) is -4.23. The first-order valence-electron chi connectivity index (χ1n) is 6.60. The van der Waals surface area contributed by atoms with E-state index in [9.17, 15) is 18.0 Å². The fourth-order valence-corrected chi connectivity index (χ4v) is 1.54. The van der Waals surface area contributed by atoms with E-state index < -0.39 is 22.3 Å². The Balaban J connectivity index is 0. The predicted molar refractivity (Wildman–Crippen MR) is 75.3 cm³/mol. The molecule has 0 aromatic heterocycles. The van der Waals surface area contributed by atoms with Crippen molar-refractivity contribution in [3.05, 3.63) is 0 Å². The molecule has 21 heavy (non-hydrogen) atoms. The van der Waals surface area contributed by atoms with Crippen LogP contribution < -0.4 is 0 Å². The molecule has 0 aromatic carbocycles. The van der Waals surface area contributed by atoms with Crippen LogP contribution in [0.25, 0.3) is 0 Å². The first kappa shape index (κ1) is 22.1. The molecule has 0 amide bonds. The maximum atomic E-state index is 10.1. The zero-order valence-corrected chi connectivity index (χ0v) is 13.1. The third-order valence-corrected chi connectivity index (χ3v) is 2.68. The quantitative estimate of drug-likeness (QED) is 0.408. The minimum Gasteiger partial charge on any atom is -0.481 e. The highest BCUT2D eigenvalue weighted by molar-refractivity contribution is 7.80. The molecule has 0 aliphatic carbocycles. The van der Waals surface area contributed by atoms with Crippen LogP contribution in [-0.2, 0) is 24.2 Å². The molecule has 9 heteroatoms. The minimum absolute atomic E-state index is 0.0803. The van der Waals surface area contributed by atoms with E-state index in [4.69, 9.17) is 14.8 Å². The highest BCUT2D eigenvalue weighted by Crippen LogP contribution is 2.08. The number of hydrogen-bond acceptors (Lipinski definition) is 5. The maximum absolute atomic E-state index is 10.1. The van der Waals surface area contributed by atoms with Crippen molar-refractivity contribution in [2.24, 2.45) is 5.92 Å². The van der Waals surface area contributed by atoms with Crippen LogP contribution in [0.3, 0.4) is 0 Å². The van der Waals surface area contributed by atoms with Crippen molar-refractivity contribution in [3.8, 4) is 0 Å². The summed E-state index contributed by atoms with van der Waals surface area (Å²) in [4.78, 5) is 19.3. The van der Waals surface area contributed by atoms with Gasteiger partial charge in [0.05, 0.1) is 19.4 Å². The summed E-state index contributed by atoms with van der Waals surface area (Å²) in [5, 5.41) is 15.8. The van der Waals surface area contributed by atoms with E-state index in [1.807, 2.05) is 0 Å². The fourth-order valence-electron chi connectivity index (χ4n) is 1.21. The molecule has 126 valence electrons. The lowest BCUT2D eigenvalue weighted by molar-refractivity contribution is -0.143. The predicted octanol–water partition coefficient (Wildman–Crippen LogP) is 1.96. The van der Waals surface area contributed by atoms with Gasteiger partial charge in [0.1, 0.15) is 0 Å². The lowest BCUT2D eigenvalue weighted by Crippen LogP contribution is -2.04. The van der Waals surface area contributed by atoms with Gasteiger partial charge >= 0.3 is 22.3 Å². The van der Waals surface area contributed by atoms with E-state index in [-0.39, 0.29) is 19.4 Å². The minimum atomic E-state index is -4.23. The molecule has 0 bridgehead atoms. The summed E-state index contributed by atoms with van der Waals surface area (Å²) >= 11 is 0. The van der Waals surface area contributed by atoms with Crippen molar-refractivity contribution in [3.63, 3.8) is 0 Å². The van der Waals surface area contributed by atoms with Gasteiger partial charge in [-0.15, -0.1) is 0 Å². The van der Waals surface area contributed by atoms with Crippen LogP contribution in [0.15, 0.2) is 0 Å². The smallest absolute Gasteiger partial charge is 0.397 e. The van der Waals surface area contributed by atoms with E-state index in [2.05, 4.69) is 18.0 Å². The first-order chi connectivity index (χ1) is 9.54. The lowest BCUT2D eigenvalue weighted by Gasteiger charge is -2.03. The molecule has 0 fully saturated rings. The summed E-state index contributed by atoms with van der Waals surface area (Å²) in [5.41, 5.74) is 0. The Morgan fingerprint density at radius 3 is 1.81 bits per heavy atom. The molecule has 0 saturated carbocycles. The Bertz CT molecular complexity index is 374. The number of carboxylic acid groups (broad SMARTS) is 2. The average Bonchev–Trinajstić information content (AvgIpc) is 2.30. The molecular weight excluding hydrogens is 304 g/mol. The summed E-state index contributed by atoms with van der Waals surface area (Å²) in [6, 6.07) is 0. The topological polar surface area (TPSA) is 138 Å². The van der Waals surface area contributed by atoms with Crippen molar-refractivity contribution in [1.82, 2.24) is 0 Å². The molecule has 0 unspecified atom stereocenters. The molecule has 0 spiro atoms. The zero-order valence-electron chi connectivity index (χ0n) is 12.3. The number of carbonyl (C=O) groups is 2. The number of aliphatic carboxylic acids is 2. The van der Waals surface area contributed by atoms with E-state index >= 15 is 0 Å². The first-order valence-corrected chi connectivity index (χ1v) is 7.96. The molecule has 0 heterocycles. The van der Waals surface area contributed by atoms with Gasteiger partial charge < -0.3 is 10.2 Å². The molecule has 3 N–H and O–H groups in total. The Labute approximate surface area is 125 Å². The van der Waals surface area contributed by atoms with Crippen LogP contribution in [0.2, 0.25) is 0 Å². The molecule has 0 atom stereocenters. The van der Waals surface area contributed by atoms with E-state index in [0.29, 0.717) is 12.3 Å². The normalized spacial score (nSPS) is 10.9. The van der Waals surface area contributed by atoms with Crippen molar-refractivity contribution in [2.75, 3.05) is 6.61 Å². The molecule has 0 aromatic rings. The van der Waals surface area contributed by atoms with Crippen LogP contribution in [-0.4, -0.2) is 41.7 Å². The zero-order chi connectivity index (χ0) is 16.9. The number of rotatable bonds is 10. The van der Waals surface area contributed by atoms with Crippen molar-refractivity contribution in [1.29, 1.82) is 0 Å². The van der Waals surface area contributed by atoms with Gasteiger partial charge in [-0.05, 0) is 12.3 Å². The summed E-state index contributed by atoms with van der Waals surface area (Å²) in [5.74, 6) is -1.47. The third kappa shape index (κ3) is 27.9. The van der Waals surface area contributed by atoms with E-state index in [0.717, 1.165) is 19.3 Å². The van der Waals surface area contributed by atoms with Gasteiger partial charge in [0.25, 0.3) is 0 Å². The van der Waals surface area contributed by atoms with Crippen molar-refractivity contribution >= 4 is 22.3 Å². The Morgan fingerprint density at radius 1 is 1.00 bits per heavy atom.